The molecule has 1 rings (SSSR count). The molecule has 11 heavy (non-hydrogen) atoms. The monoisotopic (exact) mass is 216 g/mol. The minimum absolute atomic E-state index is 0.113. The standard InChI is InChI=1S/C8H9BrO2/c1-4-3-6(10)5(2)8(11)7(4)9/h3,10-11H,1-2H3. The summed E-state index contributed by atoms with van der Waals surface area (Å²) in [5.74, 6) is 0.241. The van der Waals surface area contributed by atoms with Gasteiger partial charge in [-0.05, 0) is 41.4 Å². The Kier molecular flexibility index (Phi) is 2.09. The maximum atomic E-state index is 9.36. The molecule has 0 radical (unpaired) electrons. The molecule has 0 fully saturated rings. The first-order valence-electron chi connectivity index (χ1n) is 3.21. The average Bonchev–Trinajstić information content (AvgIpc) is 1.97. The Labute approximate surface area is 73.6 Å². The second-order valence-electron chi connectivity index (χ2n) is 2.50. The number of rotatable bonds is 0. The fraction of sp³-hybridized carbons (Fsp3) is 0.250. The van der Waals surface area contributed by atoms with E-state index in [2.05, 4.69) is 15.9 Å². The third-order valence-electron chi connectivity index (χ3n) is 1.65. The van der Waals surface area contributed by atoms with Gasteiger partial charge >= 0.3 is 0 Å². The lowest BCUT2D eigenvalue weighted by molar-refractivity contribution is 0.440. The van der Waals surface area contributed by atoms with Crippen LogP contribution in [0, 0.1) is 13.8 Å². The molecule has 0 aliphatic carbocycles. The molecule has 1 aromatic carbocycles. The number of phenols is 2. The normalized spacial score (nSPS) is 10.1. The Hall–Kier alpha value is -0.700. The molecule has 0 heterocycles. The summed E-state index contributed by atoms with van der Waals surface area (Å²) in [5.41, 5.74) is 1.33. The second kappa shape index (κ2) is 2.74. The number of aryl methyl sites for hydroxylation is 1. The predicted molar refractivity (Wildman–Crippen MR) is 46.9 cm³/mol. The van der Waals surface area contributed by atoms with Gasteiger partial charge in [-0.25, -0.2) is 0 Å². The summed E-state index contributed by atoms with van der Waals surface area (Å²) in [6, 6.07) is 1.61. The van der Waals surface area contributed by atoms with Crippen molar-refractivity contribution in [2.24, 2.45) is 0 Å². The van der Waals surface area contributed by atoms with Crippen molar-refractivity contribution in [1.29, 1.82) is 0 Å². The largest absolute Gasteiger partial charge is 0.508 e. The molecule has 0 unspecified atom stereocenters. The summed E-state index contributed by atoms with van der Waals surface area (Å²) in [4.78, 5) is 0. The van der Waals surface area contributed by atoms with Crippen molar-refractivity contribution in [1.82, 2.24) is 0 Å². The quantitative estimate of drug-likeness (QED) is 0.700. The Balaban J connectivity index is 3.46. The fourth-order valence-corrected chi connectivity index (χ4v) is 1.26. The third kappa shape index (κ3) is 1.33. The first-order valence-corrected chi connectivity index (χ1v) is 4.01. The van der Waals surface area contributed by atoms with Gasteiger partial charge in [-0.2, -0.15) is 0 Å². The molecule has 2 N–H and O–H groups in total. The van der Waals surface area contributed by atoms with Crippen LogP contribution in [0.15, 0.2) is 10.5 Å². The molecule has 0 amide bonds. The third-order valence-corrected chi connectivity index (χ3v) is 2.65. The van der Waals surface area contributed by atoms with E-state index in [1.54, 1.807) is 13.0 Å². The molecule has 0 aliphatic heterocycles. The second-order valence-corrected chi connectivity index (χ2v) is 3.29. The van der Waals surface area contributed by atoms with Crippen molar-refractivity contribution in [3.63, 3.8) is 0 Å². The summed E-state index contributed by atoms with van der Waals surface area (Å²) in [6.45, 7) is 3.47. The van der Waals surface area contributed by atoms with E-state index in [0.29, 0.717) is 10.0 Å². The van der Waals surface area contributed by atoms with Crippen molar-refractivity contribution in [2.45, 2.75) is 13.8 Å². The summed E-state index contributed by atoms with van der Waals surface area (Å²) in [5, 5.41) is 18.6. The van der Waals surface area contributed by atoms with E-state index in [4.69, 9.17) is 0 Å². The smallest absolute Gasteiger partial charge is 0.136 e. The predicted octanol–water partition coefficient (Wildman–Crippen LogP) is 2.48. The molecule has 0 spiro atoms. The lowest BCUT2D eigenvalue weighted by Crippen LogP contribution is -1.82. The van der Waals surface area contributed by atoms with E-state index >= 15 is 0 Å². The average molecular weight is 217 g/mol. The summed E-state index contributed by atoms with van der Waals surface area (Å²) in [6.07, 6.45) is 0. The van der Waals surface area contributed by atoms with Gasteiger partial charge in [0.1, 0.15) is 11.5 Å². The lowest BCUT2D eigenvalue weighted by Gasteiger charge is -2.06. The zero-order chi connectivity index (χ0) is 8.59. The SMILES string of the molecule is Cc1cc(O)c(C)c(O)c1Br. The molecule has 0 aromatic heterocycles. The zero-order valence-electron chi connectivity index (χ0n) is 6.35. The van der Waals surface area contributed by atoms with Crippen molar-refractivity contribution in [2.75, 3.05) is 0 Å². The molecule has 1 aromatic rings. The topological polar surface area (TPSA) is 40.5 Å². The highest BCUT2D eigenvalue weighted by atomic mass is 79.9. The molecular weight excluding hydrogens is 208 g/mol. The molecule has 3 heteroatoms. The maximum Gasteiger partial charge on any atom is 0.136 e. The molecule has 0 bridgehead atoms. The van der Waals surface area contributed by atoms with Crippen LogP contribution in [-0.4, -0.2) is 10.2 Å². The molecule has 0 aliphatic rings. The zero-order valence-corrected chi connectivity index (χ0v) is 7.94. The van der Waals surface area contributed by atoms with Crippen LogP contribution < -0.4 is 0 Å². The fourth-order valence-electron chi connectivity index (χ4n) is 0.849. The van der Waals surface area contributed by atoms with Crippen molar-refractivity contribution >= 4 is 15.9 Å². The number of benzene rings is 1. The lowest BCUT2D eigenvalue weighted by atomic mass is 10.1. The van der Waals surface area contributed by atoms with E-state index in [9.17, 15) is 10.2 Å². The van der Waals surface area contributed by atoms with Crippen molar-refractivity contribution in [3.8, 4) is 11.5 Å². The van der Waals surface area contributed by atoms with Gasteiger partial charge in [-0.1, -0.05) is 0 Å². The molecule has 0 atom stereocenters. The summed E-state index contributed by atoms with van der Waals surface area (Å²) >= 11 is 3.20. The Morgan fingerprint density at radius 1 is 1.27 bits per heavy atom. The molecule has 2 nitrogen and oxygen atoms in total. The minimum atomic E-state index is 0.113. The first-order chi connectivity index (χ1) is 5.04. The number of phenolic OH excluding ortho intramolecular Hbond substituents is 2. The van der Waals surface area contributed by atoms with Gasteiger partial charge in [-0.3, -0.25) is 0 Å². The number of halogens is 1. The molecular formula is C8H9BrO2. The summed E-state index contributed by atoms with van der Waals surface area (Å²) in [7, 11) is 0. The first kappa shape index (κ1) is 8.40. The maximum absolute atomic E-state index is 9.36. The van der Waals surface area contributed by atoms with E-state index in [1.807, 2.05) is 6.92 Å². The van der Waals surface area contributed by atoms with Crippen LogP contribution >= 0.6 is 15.9 Å². The van der Waals surface area contributed by atoms with Gasteiger partial charge in [-0.15, -0.1) is 0 Å². The van der Waals surface area contributed by atoms with Gasteiger partial charge in [0.2, 0.25) is 0 Å². The number of hydrogen-bond donors (Lipinski definition) is 2. The highest BCUT2D eigenvalue weighted by molar-refractivity contribution is 9.10. The number of aromatic hydroxyl groups is 2. The van der Waals surface area contributed by atoms with Crippen LogP contribution in [0.3, 0.4) is 0 Å². The van der Waals surface area contributed by atoms with Gasteiger partial charge in [0.25, 0.3) is 0 Å². The van der Waals surface area contributed by atoms with Crippen LogP contribution in [0.4, 0.5) is 0 Å². The van der Waals surface area contributed by atoms with E-state index in [-0.39, 0.29) is 11.5 Å². The van der Waals surface area contributed by atoms with E-state index < -0.39 is 0 Å². The van der Waals surface area contributed by atoms with Gasteiger partial charge in [0.05, 0.1) is 4.47 Å². The Morgan fingerprint density at radius 3 is 2.36 bits per heavy atom. The van der Waals surface area contributed by atoms with Gasteiger partial charge in [0, 0.05) is 5.56 Å². The van der Waals surface area contributed by atoms with Gasteiger partial charge in [0.15, 0.2) is 0 Å². The Bertz CT molecular complexity index is 268. The van der Waals surface area contributed by atoms with Gasteiger partial charge < -0.3 is 10.2 Å². The van der Waals surface area contributed by atoms with Crippen molar-refractivity contribution < 1.29 is 10.2 Å². The van der Waals surface area contributed by atoms with Crippen LogP contribution in [-0.2, 0) is 0 Å². The minimum Gasteiger partial charge on any atom is -0.508 e. The number of hydrogen-bond acceptors (Lipinski definition) is 2. The van der Waals surface area contributed by atoms with Crippen LogP contribution in [0.5, 0.6) is 11.5 Å². The molecule has 0 saturated heterocycles. The van der Waals surface area contributed by atoms with Crippen molar-refractivity contribution in [3.05, 3.63) is 21.7 Å². The highest BCUT2D eigenvalue weighted by Crippen LogP contribution is 2.35. The van der Waals surface area contributed by atoms with E-state index in [0.717, 1.165) is 5.56 Å². The Morgan fingerprint density at radius 2 is 1.82 bits per heavy atom. The van der Waals surface area contributed by atoms with Crippen LogP contribution in [0.1, 0.15) is 11.1 Å². The molecule has 60 valence electrons. The van der Waals surface area contributed by atoms with E-state index in [1.165, 1.54) is 0 Å². The highest BCUT2D eigenvalue weighted by Gasteiger charge is 2.08. The molecule has 0 saturated carbocycles. The van der Waals surface area contributed by atoms with Crippen LogP contribution in [0.25, 0.3) is 0 Å². The van der Waals surface area contributed by atoms with Crippen LogP contribution in [0.2, 0.25) is 0 Å². The summed E-state index contributed by atoms with van der Waals surface area (Å²) < 4.78 is 0.646.